The Bertz CT molecular complexity index is 665. The van der Waals surface area contributed by atoms with Gasteiger partial charge in [-0.25, -0.2) is 0 Å². The van der Waals surface area contributed by atoms with Crippen molar-refractivity contribution in [3.05, 3.63) is 29.8 Å². The lowest BCUT2D eigenvalue weighted by Crippen LogP contribution is -2.44. The third-order valence-electron chi connectivity index (χ3n) is 5.89. The molecule has 1 N–H and O–H groups in total. The molecule has 3 rings (SSSR count). The third-order valence-corrected chi connectivity index (χ3v) is 5.89. The van der Waals surface area contributed by atoms with Crippen LogP contribution in [0.3, 0.4) is 0 Å². The van der Waals surface area contributed by atoms with E-state index in [9.17, 15) is 9.59 Å². The first-order valence-corrected chi connectivity index (χ1v) is 11.1. The molecular weight excluding hydrogens is 366 g/mol. The molecule has 0 aromatic heterocycles. The minimum atomic E-state index is -0.131. The predicted molar refractivity (Wildman–Crippen MR) is 115 cm³/mol. The van der Waals surface area contributed by atoms with Crippen molar-refractivity contribution < 1.29 is 14.3 Å². The van der Waals surface area contributed by atoms with Gasteiger partial charge in [-0.2, -0.15) is 0 Å². The molecule has 2 fully saturated rings. The second kappa shape index (κ2) is 11.3. The van der Waals surface area contributed by atoms with E-state index in [2.05, 4.69) is 10.2 Å². The predicted octanol–water partition coefficient (Wildman–Crippen LogP) is 3.53. The molecule has 1 aromatic rings. The largest absolute Gasteiger partial charge is 0.381 e. The summed E-state index contributed by atoms with van der Waals surface area (Å²) in [6.07, 6.45) is 8.04. The molecule has 0 radical (unpaired) electrons. The molecule has 2 saturated heterocycles. The van der Waals surface area contributed by atoms with Crippen LogP contribution in [-0.4, -0.2) is 67.0 Å². The van der Waals surface area contributed by atoms with Crippen molar-refractivity contribution in [2.24, 2.45) is 0 Å². The molecule has 160 valence electrons. The summed E-state index contributed by atoms with van der Waals surface area (Å²) in [4.78, 5) is 29.3. The maximum Gasteiger partial charge on any atom is 0.254 e. The second-order valence-electron chi connectivity index (χ2n) is 8.21. The Balaban J connectivity index is 1.65. The van der Waals surface area contributed by atoms with Gasteiger partial charge < -0.3 is 19.9 Å². The quantitative estimate of drug-likeness (QED) is 0.759. The van der Waals surface area contributed by atoms with Crippen molar-refractivity contribution >= 4 is 17.5 Å². The van der Waals surface area contributed by atoms with Crippen LogP contribution in [0.25, 0.3) is 0 Å². The maximum absolute atomic E-state index is 13.4. The molecular formula is C23H35N3O3. The molecule has 6 nitrogen and oxygen atoms in total. The molecule has 1 aromatic carbocycles. The van der Waals surface area contributed by atoms with E-state index >= 15 is 0 Å². The highest BCUT2D eigenvalue weighted by Crippen LogP contribution is 2.20. The molecule has 0 aliphatic carbocycles. The number of carbonyl (C=O) groups excluding carboxylic acids is 2. The first-order chi connectivity index (χ1) is 14.1. The summed E-state index contributed by atoms with van der Waals surface area (Å²) in [7, 11) is 0. The van der Waals surface area contributed by atoms with E-state index < -0.39 is 0 Å². The van der Waals surface area contributed by atoms with E-state index in [0.29, 0.717) is 24.5 Å². The fourth-order valence-corrected chi connectivity index (χ4v) is 4.37. The zero-order valence-electron chi connectivity index (χ0n) is 17.7. The molecule has 6 heteroatoms. The van der Waals surface area contributed by atoms with Gasteiger partial charge in [0.05, 0.1) is 0 Å². The number of likely N-dealkylation sites (tertiary alicyclic amines) is 1. The van der Waals surface area contributed by atoms with Gasteiger partial charge in [0.1, 0.15) is 0 Å². The van der Waals surface area contributed by atoms with Gasteiger partial charge in [0, 0.05) is 44.0 Å². The van der Waals surface area contributed by atoms with Gasteiger partial charge in [0.25, 0.3) is 5.91 Å². The van der Waals surface area contributed by atoms with Gasteiger partial charge in [-0.3, -0.25) is 9.59 Å². The van der Waals surface area contributed by atoms with E-state index in [1.165, 1.54) is 45.7 Å². The number of hydrogen-bond acceptors (Lipinski definition) is 4. The van der Waals surface area contributed by atoms with Gasteiger partial charge >= 0.3 is 0 Å². The number of rotatable bonds is 7. The molecule has 2 heterocycles. The van der Waals surface area contributed by atoms with Crippen LogP contribution in [0.1, 0.15) is 62.2 Å². The van der Waals surface area contributed by atoms with E-state index in [-0.39, 0.29) is 17.9 Å². The van der Waals surface area contributed by atoms with Gasteiger partial charge in [-0.05, 0) is 69.9 Å². The second-order valence-corrected chi connectivity index (χ2v) is 8.21. The topological polar surface area (TPSA) is 61.9 Å². The Labute approximate surface area is 174 Å². The summed E-state index contributed by atoms with van der Waals surface area (Å²) in [6, 6.07) is 7.50. The molecule has 2 aliphatic heterocycles. The average Bonchev–Trinajstić information content (AvgIpc) is 3.00. The highest BCUT2D eigenvalue weighted by atomic mass is 16.5. The highest BCUT2D eigenvalue weighted by molar-refractivity contribution is 5.97. The van der Waals surface area contributed by atoms with Crippen LogP contribution < -0.4 is 5.32 Å². The fraction of sp³-hybridized carbons (Fsp3) is 0.652. The number of nitrogens with one attached hydrogen (secondary N) is 1. The Morgan fingerprint density at radius 2 is 1.86 bits per heavy atom. The summed E-state index contributed by atoms with van der Waals surface area (Å²) in [5.41, 5.74) is 1.30. The number of carbonyl (C=O) groups is 2. The number of benzene rings is 1. The molecule has 29 heavy (non-hydrogen) atoms. The molecule has 0 bridgehead atoms. The standard InChI is InChI=1S/C23H35N3O3/c1-19(27)24-21-9-6-8-20(18-21)23(28)26(22-10-16-29-17-11-22)15-7-14-25-12-4-2-3-5-13-25/h6,8-9,18,22H,2-5,7,10-17H2,1H3,(H,24,27). The maximum atomic E-state index is 13.4. The van der Waals surface area contributed by atoms with Gasteiger partial charge in [-0.15, -0.1) is 0 Å². The normalized spacial score (nSPS) is 18.8. The summed E-state index contributed by atoms with van der Waals surface area (Å²) < 4.78 is 5.52. The zero-order valence-corrected chi connectivity index (χ0v) is 17.7. The van der Waals surface area contributed by atoms with Crippen molar-refractivity contribution in [2.75, 3.05) is 44.7 Å². The summed E-state index contributed by atoms with van der Waals surface area (Å²) >= 11 is 0. The van der Waals surface area contributed by atoms with E-state index in [0.717, 1.165) is 32.4 Å². The van der Waals surface area contributed by atoms with E-state index in [1.54, 1.807) is 6.07 Å². The summed E-state index contributed by atoms with van der Waals surface area (Å²) in [6.45, 7) is 7.10. The van der Waals surface area contributed by atoms with E-state index in [4.69, 9.17) is 4.74 Å². The van der Waals surface area contributed by atoms with Gasteiger partial charge in [0.15, 0.2) is 0 Å². The van der Waals surface area contributed by atoms with Crippen LogP contribution in [0.4, 0.5) is 5.69 Å². The Kier molecular flexibility index (Phi) is 8.50. The number of nitrogens with zero attached hydrogens (tertiary/aromatic N) is 2. The lowest BCUT2D eigenvalue weighted by atomic mass is 10.0. The Morgan fingerprint density at radius 3 is 2.55 bits per heavy atom. The molecule has 0 unspecified atom stereocenters. The van der Waals surface area contributed by atoms with Gasteiger partial charge in [-0.1, -0.05) is 18.9 Å². The first kappa shape index (κ1) is 21.8. The molecule has 2 amide bonds. The van der Waals surface area contributed by atoms with Crippen molar-refractivity contribution in [3.8, 4) is 0 Å². The van der Waals surface area contributed by atoms with Crippen LogP contribution >= 0.6 is 0 Å². The fourth-order valence-electron chi connectivity index (χ4n) is 4.37. The lowest BCUT2D eigenvalue weighted by Gasteiger charge is -2.35. The lowest BCUT2D eigenvalue weighted by molar-refractivity contribution is -0.114. The van der Waals surface area contributed by atoms with Gasteiger partial charge in [0.2, 0.25) is 5.91 Å². The van der Waals surface area contributed by atoms with E-state index in [1.807, 2.05) is 23.1 Å². The minimum Gasteiger partial charge on any atom is -0.381 e. The number of ether oxygens (including phenoxy) is 1. The Morgan fingerprint density at radius 1 is 1.14 bits per heavy atom. The molecule has 0 spiro atoms. The SMILES string of the molecule is CC(=O)Nc1cccc(C(=O)N(CCCN2CCCCCC2)C2CCOCC2)c1. The van der Waals surface area contributed by atoms with Crippen molar-refractivity contribution in [3.63, 3.8) is 0 Å². The number of amides is 2. The minimum absolute atomic E-state index is 0.0555. The third kappa shape index (κ3) is 6.82. The summed E-state index contributed by atoms with van der Waals surface area (Å²) in [5, 5.41) is 2.77. The Hall–Kier alpha value is -1.92. The average molecular weight is 402 g/mol. The molecule has 0 atom stereocenters. The number of hydrogen-bond donors (Lipinski definition) is 1. The van der Waals surface area contributed by atoms with Crippen LogP contribution in [-0.2, 0) is 9.53 Å². The van der Waals surface area contributed by atoms with Crippen LogP contribution in [0.2, 0.25) is 0 Å². The highest BCUT2D eigenvalue weighted by Gasteiger charge is 2.26. The first-order valence-electron chi connectivity index (χ1n) is 11.1. The monoisotopic (exact) mass is 401 g/mol. The van der Waals surface area contributed by atoms with Crippen molar-refractivity contribution in [1.29, 1.82) is 0 Å². The van der Waals surface area contributed by atoms with Crippen LogP contribution in [0.5, 0.6) is 0 Å². The summed E-state index contributed by atoms with van der Waals surface area (Å²) in [5.74, 6) is -0.0756. The number of anilines is 1. The van der Waals surface area contributed by atoms with Crippen molar-refractivity contribution in [2.45, 2.75) is 57.9 Å². The van der Waals surface area contributed by atoms with Crippen molar-refractivity contribution in [1.82, 2.24) is 9.80 Å². The zero-order chi connectivity index (χ0) is 20.5. The van der Waals surface area contributed by atoms with Crippen LogP contribution in [0.15, 0.2) is 24.3 Å². The molecule has 2 aliphatic rings. The smallest absolute Gasteiger partial charge is 0.254 e. The van der Waals surface area contributed by atoms with Crippen LogP contribution in [0, 0.1) is 0 Å². The molecule has 0 saturated carbocycles.